The maximum absolute atomic E-state index is 6.10. The minimum absolute atomic E-state index is 0.459. The normalized spacial score (nSPS) is 18.0. The third kappa shape index (κ3) is 3.26. The minimum atomic E-state index is 0.459. The van der Waals surface area contributed by atoms with Gasteiger partial charge in [-0.3, -0.25) is 0 Å². The highest BCUT2D eigenvalue weighted by atomic mass is 35.5. The summed E-state index contributed by atoms with van der Waals surface area (Å²) in [6, 6.07) is 15.1. The van der Waals surface area contributed by atoms with Crippen molar-refractivity contribution in [2.45, 2.75) is 31.2 Å². The van der Waals surface area contributed by atoms with E-state index >= 15 is 0 Å². The fourth-order valence-electron chi connectivity index (χ4n) is 3.17. The standard InChI is InChI=1S/C18H19Cl2N/c1-21-15(8-12-6-7-17(19)18(20)9-12)11-14-10-13-4-2-3-5-16(13)14/h2-7,9,14-15,21H,8,10-11H2,1H3. The van der Waals surface area contributed by atoms with Gasteiger partial charge in [0.2, 0.25) is 0 Å². The first-order valence-electron chi connectivity index (χ1n) is 7.36. The summed E-state index contributed by atoms with van der Waals surface area (Å²) in [7, 11) is 2.03. The molecule has 0 heterocycles. The summed E-state index contributed by atoms with van der Waals surface area (Å²) < 4.78 is 0. The second-order valence-corrected chi connectivity index (χ2v) is 6.59. The van der Waals surface area contributed by atoms with Gasteiger partial charge in [-0.15, -0.1) is 0 Å². The van der Waals surface area contributed by atoms with E-state index in [4.69, 9.17) is 23.2 Å². The van der Waals surface area contributed by atoms with E-state index in [0.29, 0.717) is 22.0 Å². The Bertz CT molecular complexity index is 639. The van der Waals surface area contributed by atoms with Gasteiger partial charge in [-0.1, -0.05) is 53.5 Å². The summed E-state index contributed by atoms with van der Waals surface area (Å²) >= 11 is 12.1. The minimum Gasteiger partial charge on any atom is -0.317 e. The Hall–Kier alpha value is -1.02. The first-order valence-corrected chi connectivity index (χ1v) is 8.12. The molecule has 0 aliphatic heterocycles. The molecule has 0 bridgehead atoms. The highest BCUT2D eigenvalue weighted by molar-refractivity contribution is 6.42. The van der Waals surface area contributed by atoms with Crippen molar-refractivity contribution < 1.29 is 0 Å². The molecular weight excluding hydrogens is 301 g/mol. The molecule has 1 aliphatic rings. The van der Waals surface area contributed by atoms with Crippen LogP contribution in [0.5, 0.6) is 0 Å². The molecule has 0 saturated carbocycles. The molecule has 0 radical (unpaired) electrons. The second kappa shape index (κ2) is 6.39. The smallest absolute Gasteiger partial charge is 0.0595 e. The molecule has 1 aliphatic carbocycles. The Morgan fingerprint density at radius 1 is 1.14 bits per heavy atom. The molecule has 0 spiro atoms. The lowest BCUT2D eigenvalue weighted by molar-refractivity contribution is 0.438. The third-order valence-electron chi connectivity index (χ3n) is 4.40. The quantitative estimate of drug-likeness (QED) is 0.830. The van der Waals surface area contributed by atoms with Crippen LogP contribution in [0.25, 0.3) is 0 Å². The molecule has 0 fully saturated rings. The molecule has 0 aromatic heterocycles. The molecule has 0 saturated heterocycles. The Kier molecular flexibility index (Phi) is 4.54. The number of hydrogen-bond acceptors (Lipinski definition) is 1. The molecule has 3 heteroatoms. The number of rotatable bonds is 5. The molecular formula is C18H19Cl2N. The van der Waals surface area contributed by atoms with Gasteiger partial charge in [-0.25, -0.2) is 0 Å². The van der Waals surface area contributed by atoms with E-state index in [1.165, 1.54) is 23.1 Å². The van der Waals surface area contributed by atoms with Crippen molar-refractivity contribution in [2.24, 2.45) is 0 Å². The van der Waals surface area contributed by atoms with Crippen molar-refractivity contribution in [1.82, 2.24) is 5.32 Å². The SMILES string of the molecule is CNC(Cc1ccc(Cl)c(Cl)c1)CC1Cc2ccccc21. The van der Waals surface area contributed by atoms with Crippen LogP contribution in [0, 0.1) is 0 Å². The van der Waals surface area contributed by atoms with Gasteiger partial charge in [0.1, 0.15) is 0 Å². The van der Waals surface area contributed by atoms with E-state index in [2.05, 4.69) is 35.6 Å². The monoisotopic (exact) mass is 319 g/mol. The highest BCUT2D eigenvalue weighted by Gasteiger charge is 2.27. The maximum Gasteiger partial charge on any atom is 0.0595 e. The van der Waals surface area contributed by atoms with Crippen molar-refractivity contribution >= 4 is 23.2 Å². The summed E-state index contributed by atoms with van der Waals surface area (Å²) in [5.41, 5.74) is 4.26. The molecule has 2 unspecified atom stereocenters. The summed E-state index contributed by atoms with van der Waals surface area (Å²) in [6.45, 7) is 0. The number of hydrogen-bond donors (Lipinski definition) is 1. The lowest BCUT2D eigenvalue weighted by atomic mass is 9.74. The first kappa shape index (κ1) is 14.9. The molecule has 2 aromatic carbocycles. The van der Waals surface area contributed by atoms with Crippen LogP contribution in [0.4, 0.5) is 0 Å². The van der Waals surface area contributed by atoms with Crippen molar-refractivity contribution in [3.05, 3.63) is 69.2 Å². The highest BCUT2D eigenvalue weighted by Crippen LogP contribution is 2.38. The van der Waals surface area contributed by atoms with Gasteiger partial charge in [-0.2, -0.15) is 0 Å². The summed E-state index contributed by atoms with van der Waals surface area (Å²) in [4.78, 5) is 0. The molecule has 1 N–H and O–H groups in total. The summed E-state index contributed by atoms with van der Waals surface area (Å²) in [6.07, 6.45) is 3.34. The molecule has 3 rings (SSSR count). The lowest BCUT2D eigenvalue weighted by Crippen LogP contribution is -2.32. The lowest BCUT2D eigenvalue weighted by Gasteiger charge is -2.33. The molecule has 21 heavy (non-hydrogen) atoms. The Morgan fingerprint density at radius 2 is 1.95 bits per heavy atom. The number of halogens is 2. The fourth-order valence-corrected chi connectivity index (χ4v) is 3.49. The number of nitrogens with one attached hydrogen (secondary N) is 1. The van der Waals surface area contributed by atoms with Gasteiger partial charge in [0.05, 0.1) is 10.0 Å². The third-order valence-corrected chi connectivity index (χ3v) is 5.14. The Balaban J connectivity index is 1.65. The van der Waals surface area contributed by atoms with E-state index in [9.17, 15) is 0 Å². The second-order valence-electron chi connectivity index (χ2n) is 5.77. The van der Waals surface area contributed by atoms with Gasteiger partial charge in [0.25, 0.3) is 0 Å². The van der Waals surface area contributed by atoms with E-state index in [0.717, 1.165) is 12.8 Å². The van der Waals surface area contributed by atoms with Gasteiger partial charge in [0.15, 0.2) is 0 Å². The van der Waals surface area contributed by atoms with Gasteiger partial charge < -0.3 is 5.32 Å². The topological polar surface area (TPSA) is 12.0 Å². The molecule has 2 aromatic rings. The van der Waals surface area contributed by atoms with Gasteiger partial charge in [-0.05, 0) is 61.1 Å². The van der Waals surface area contributed by atoms with Crippen molar-refractivity contribution in [3.8, 4) is 0 Å². The molecule has 2 atom stereocenters. The van der Waals surface area contributed by atoms with E-state index in [-0.39, 0.29) is 0 Å². The van der Waals surface area contributed by atoms with Crippen LogP contribution in [-0.4, -0.2) is 13.1 Å². The number of likely N-dealkylation sites (N-methyl/N-ethyl adjacent to an activating group) is 1. The number of benzene rings is 2. The largest absolute Gasteiger partial charge is 0.317 e. The van der Waals surface area contributed by atoms with Crippen LogP contribution in [0.2, 0.25) is 10.0 Å². The predicted molar refractivity (Wildman–Crippen MR) is 90.5 cm³/mol. The zero-order valence-electron chi connectivity index (χ0n) is 12.1. The summed E-state index contributed by atoms with van der Waals surface area (Å²) in [5, 5.41) is 4.70. The van der Waals surface area contributed by atoms with Crippen LogP contribution in [0.3, 0.4) is 0 Å². The van der Waals surface area contributed by atoms with Crippen molar-refractivity contribution in [3.63, 3.8) is 0 Å². The van der Waals surface area contributed by atoms with Gasteiger partial charge >= 0.3 is 0 Å². The van der Waals surface area contributed by atoms with E-state index in [1.807, 2.05) is 19.2 Å². The maximum atomic E-state index is 6.10. The molecule has 110 valence electrons. The van der Waals surface area contributed by atoms with E-state index < -0.39 is 0 Å². The van der Waals surface area contributed by atoms with Gasteiger partial charge in [0, 0.05) is 6.04 Å². The van der Waals surface area contributed by atoms with Crippen molar-refractivity contribution in [1.29, 1.82) is 0 Å². The fraction of sp³-hybridized carbons (Fsp3) is 0.333. The zero-order valence-corrected chi connectivity index (χ0v) is 13.6. The molecule has 0 amide bonds. The first-order chi connectivity index (χ1) is 10.2. The van der Waals surface area contributed by atoms with Crippen LogP contribution >= 0.6 is 23.2 Å². The zero-order chi connectivity index (χ0) is 14.8. The summed E-state index contributed by atoms with van der Waals surface area (Å²) in [5.74, 6) is 0.682. The molecule has 1 nitrogen and oxygen atoms in total. The average Bonchev–Trinajstić information content (AvgIpc) is 2.47. The van der Waals surface area contributed by atoms with Crippen LogP contribution < -0.4 is 5.32 Å². The van der Waals surface area contributed by atoms with Crippen LogP contribution in [0.1, 0.15) is 29.0 Å². The predicted octanol–water partition coefficient (Wildman–Crippen LogP) is 4.85. The number of fused-ring (bicyclic) bond motifs is 1. The van der Waals surface area contributed by atoms with Crippen LogP contribution in [0.15, 0.2) is 42.5 Å². The Morgan fingerprint density at radius 3 is 2.67 bits per heavy atom. The van der Waals surface area contributed by atoms with E-state index in [1.54, 1.807) is 0 Å². The van der Waals surface area contributed by atoms with Crippen molar-refractivity contribution in [2.75, 3.05) is 7.05 Å². The van der Waals surface area contributed by atoms with Crippen LogP contribution in [-0.2, 0) is 12.8 Å². The average molecular weight is 320 g/mol. The Labute approximate surface area is 136 Å².